The number of benzene rings is 2. The lowest BCUT2D eigenvalue weighted by Gasteiger charge is -2.15. The van der Waals surface area contributed by atoms with Crippen LogP contribution < -0.4 is 14.9 Å². The lowest BCUT2D eigenvalue weighted by Crippen LogP contribution is -3.08. The SMILES string of the molecule is CNS(=O)(=O)c1cc(NC(=O)C[NH+](C)Cc2ccccc2Cl)ccc1C. The van der Waals surface area contributed by atoms with Gasteiger partial charge < -0.3 is 10.2 Å². The summed E-state index contributed by atoms with van der Waals surface area (Å²) in [5.74, 6) is -0.203. The summed E-state index contributed by atoms with van der Waals surface area (Å²) in [5.41, 5.74) is 2.02. The van der Waals surface area contributed by atoms with Gasteiger partial charge in [0.2, 0.25) is 10.0 Å². The maximum absolute atomic E-state index is 12.3. The zero-order valence-corrected chi connectivity index (χ0v) is 16.5. The van der Waals surface area contributed by atoms with Gasteiger partial charge in [0, 0.05) is 16.3 Å². The van der Waals surface area contributed by atoms with Crippen LogP contribution in [0.4, 0.5) is 5.69 Å². The third kappa shape index (κ3) is 5.28. The second-order valence-corrected chi connectivity index (χ2v) is 8.40. The number of halogens is 1. The van der Waals surface area contributed by atoms with Crippen LogP contribution in [0.25, 0.3) is 0 Å². The smallest absolute Gasteiger partial charge is 0.279 e. The quantitative estimate of drug-likeness (QED) is 0.658. The van der Waals surface area contributed by atoms with Gasteiger partial charge in [0.25, 0.3) is 5.91 Å². The molecule has 0 spiro atoms. The average molecular weight is 397 g/mol. The van der Waals surface area contributed by atoms with Crippen molar-refractivity contribution in [3.63, 3.8) is 0 Å². The first-order valence-corrected chi connectivity index (χ1v) is 9.98. The number of anilines is 1. The van der Waals surface area contributed by atoms with E-state index >= 15 is 0 Å². The first-order valence-electron chi connectivity index (χ1n) is 8.11. The highest BCUT2D eigenvalue weighted by molar-refractivity contribution is 7.89. The molecule has 1 atom stereocenters. The lowest BCUT2D eigenvalue weighted by molar-refractivity contribution is -0.885. The van der Waals surface area contributed by atoms with E-state index in [2.05, 4.69) is 10.0 Å². The first kappa shape index (κ1) is 20.4. The minimum atomic E-state index is -3.58. The molecule has 1 unspecified atom stereocenters. The average Bonchev–Trinajstić information content (AvgIpc) is 2.58. The molecule has 2 rings (SSSR count). The van der Waals surface area contributed by atoms with Crippen molar-refractivity contribution in [3.8, 4) is 0 Å². The Morgan fingerprint density at radius 2 is 1.88 bits per heavy atom. The largest absolute Gasteiger partial charge is 0.326 e. The molecule has 2 aromatic carbocycles. The van der Waals surface area contributed by atoms with Crippen LogP contribution in [0.5, 0.6) is 0 Å². The minimum Gasteiger partial charge on any atom is -0.326 e. The summed E-state index contributed by atoms with van der Waals surface area (Å²) in [7, 11) is -0.325. The van der Waals surface area contributed by atoms with Crippen LogP contribution in [0, 0.1) is 6.92 Å². The third-order valence-electron chi connectivity index (χ3n) is 3.94. The maximum atomic E-state index is 12.3. The molecule has 0 aliphatic heterocycles. The second-order valence-electron chi connectivity index (χ2n) is 6.14. The number of amides is 1. The highest BCUT2D eigenvalue weighted by Crippen LogP contribution is 2.19. The molecule has 0 aliphatic carbocycles. The standard InChI is InChI=1S/C18H22ClN3O3S/c1-13-8-9-15(10-17(13)26(24,25)20-2)21-18(23)12-22(3)11-14-6-4-5-7-16(14)19/h4-10,20H,11-12H2,1-3H3,(H,21,23)/p+1. The van der Waals surface area contributed by atoms with E-state index in [1.807, 2.05) is 31.3 Å². The van der Waals surface area contributed by atoms with Crippen LogP contribution in [0.1, 0.15) is 11.1 Å². The molecule has 0 aromatic heterocycles. The van der Waals surface area contributed by atoms with Crippen molar-refractivity contribution in [2.45, 2.75) is 18.4 Å². The summed E-state index contributed by atoms with van der Waals surface area (Å²) in [6.45, 7) is 2.55. The number of likely N-dealkylation sites (N-methyl/N-ethyl adjacent to an activating group) is 1. The summed E-state index contributed by atoms with van der Waals surface area (Å²) in [4.78, 5) is 13.4. The number of carbonyl (C=O) groups is 1. The van der Waals surface area contributed by atoms with Crippen molar-refractivity contribution in [1.29, 1.82) is 0 Å². The molecule has 0 saturated carbocycles. The molecule has 0 heterocycles. The van der Waals surface area contributed by atoms with E-state index in [-0.39, 0.29) is 17.3 Å². The summed E-state index contributed by atoms with van der Waals surface area (Å²) in [6.07, 6.45) is 0. The van der Waals surface area contributed by atoms with E-state index in [0.717, 1.165) is 10.5 Å². The van der Waals surface area contributed by atoms with Crippen molar-refractivity contribution < 1.29 is 18.1 Å². The fraction of sp³-hybridized carbons (Fsp3) is 0.278. The maximum Gasteiger partial charge on any atom is 0.279 e. The molecule has 140 valence electrons. The van der Waals surface area contributed by atoms with Gasteiger partial charge in [0.1, 0.15) is 6.54 Å². The number of carbonyl (C=O) groups excluding carboxylic acids is 1. The van der Waals surface area contributed by atoms with Crippen LogP contribution in [-0.2, 0) is 21.4 Å². The molecule has 0 aliphatic rings. The normalized spacial score (nSPS) is 12.6. The number of quaternary nitrogens is 1. The van der Waals surface area contributed by atoms with Crippen LogP contribution in [-0.4, -0.2) is 35.0 Å². The van der Waals surface area contributed by atoms with Crippen molar-refractivity contribution in [3.05, 3.63) is 58.6 Å². The predicted octanol–water partition coefficient (Wildman–Crippen LogP) is 1.21. The zero-order chi connectivity index (χ0) is 19.3. The summed E-state index contributed by atoms with van der Waals surface area (Å²) < 4.78 is 26.4. The zero-order valence-electron chi connectivity index (χ0n) is 15.0. The van der Waals surface area contributed by atoms with Gasteiger partial charge in [0.15, 0.2) is 6.54 Å². The molecule has 0 fully saturated rings. The van der Waals surface area contributed by atoms with Gasteiger partial charge in [-0.15, -0.1) is 0 Å². The Morgan fingerprint density at radius 3 is 2.54 bits per heavy atom. The molecule has 3 N–H and O–H groups in total. The van der Waals surface area contributed by atoms with E-state index < -0.39 is 10.0 Å². The highest BCUT2D eigenvalue weighted by atomic mass is 35.5. The van der Waals surface area contributed by atoms with Crippen molar-refractivity contribution in [2.75, 3.05) is 26.0 Å². The number of rotatable bonds is 7. The third-order valence-corrected chi connectivity index (χ3v) is 5.87. The van der Waals surface area contributed by atoms with Gasteiger partial charge in [0.05, 0.1) is 11.9 Å². The Balaban J connectivity index is 2.04. The van der Waals surface area contributed by atoms with Gasteiger partial charge in [-0.2, -0.15) is 0 Å². The molecule has 26 heavy (non-hydrogen) atoms. The number of aryl methyl sites for hydroxylation is 1. The van der Waals surface area contributed by atoms with E-state index in [1.54, 1.807) is 19.1 Å². The molecule has 0 saturated heterocycles. The number of nitrogens with one attached hydrogen (secondary N) is 3. The summed E-state index contributed by atoms with van der Waals surface area (Å²) in [6, 6.07) is 12.3. The van der Waals surface area contributed by atoms with Gasteiger partial charge >= 0.3 is 0 Å². The fourth-order valence-electron chi connectivity index (χ4n) is 2.59. The van der Waals surface area contributed by atoms with Crippen LogP contribution >= 0.6 is 11.6 Å². The molecule has 1 amide bonds. The molecule has 8 heteroatoms. The van der Waals surface area contributed by atoms with E-state index in [9.17, 15) is 13.2 Å². The van der Waals surface area contributed by atoms with Gasteiger partial charge in [-0.05, 0) is 37.7 Å². The van der Waals surface area contributed by atoms with Crippen LogP contribution in [0.2, 0.25) is 5.02 Å². The Morgan fingerprint density at radius 1 is 1.19 bits per heavy atom. The molecule has 2 aromatic rings. The predicted molar refractivity (Wildman–Crippen MR) is 103 cm³/mol. The van der Waals surface area contributed by atoms with E-state index in [4.69, 9.17) is 11.6 Å². The molecular formula is C18H23ClN3O3S+. The molecule has 0 bridgehead atoms. The van der Waals surface area contributed by atoms with Gasteiger partial charge in [-0.1, -0.05) is 35.9 Å². The Bertz CT molecular complexity index is 900. The fourth-order valence-corrected chi connectivity index (χ4v) is 3.78. The molecule has 0 radical (unpaired) electrons. The summed E-state index contributed by atoms with van der Waals surface area (Å²) >= 11 is 6.15. The molecule has 6 nitrogen and oxygen atoms in total. The second kappa shape index (κ2) is 8.64. The molecular weight excluding hydrogens is 374 g/mol. The number of hydrogen-bond donors (Lipinski definition) is 3. The van der Waals surface area contributed by atoms with Crippen molar-refractivity contribution in [2.24, 2.45) is 0 Å². The van der Waals surface area contributed by atoms with Crippen molar-refractivity contribution in [1.82, 2.24) is 4.72 Å². The summed E-state index contributed by atoms with van der Waals surface area (Å²) in [5, 5.41) is 3.43. The topological polar surface area (TPSA) is 79.7 Å². The Hall–Kier alpha value is -1.93. The monoisotopic (exact) mass is 396 g/mol. The number of sulfonamides is 1. The van der Waals surface area contributed by atoms with Crippen LogP contribution in [0.3, 0.4) is 0 Å². The first-order chi connectivity index (χ1) is 12.2. The lowest BCUT2D eigenvalue weighted by atomic mass is 10.2. The number of hydrogen-bond acceptors (Lipinski definition) is 3. The Kier molecular flexibility index (Phi) is 6.77. The minimum absolute atomic E-state index is 0.148. The van der Waals surface area contributed by atoms with Gasteiger partial charge in [-0.3, -0.25) is 4.79 Å². The van der Waals surface area contributed by atoms with E-state index in [1.165, 1.54) is 13.1 Å². The van der Waals surface area contributed by atoms with E-state index in [0.29, 0.717) is 22.8 Å². The van der Waals surface area contributed by atoms with Crippen molar-refractivity contribution >= 4 is 33.2 Å². The van der Waals surface area contributed by atoms with Crippen LogP contribution in [0.15, 0.2) is 47.4 Å². The highest BCUT2D eigenvalue weighted by Gasteiger charge is 2.17. The van der Waals surface area contributed by atoms with Gasteiger partial charge in [-0.25, -0.2) is 13.1 Å². The Labute approximate surface area is 159 Å².